The highest BCUT2D eigenvalue weighted by atomic mass is 16.5. The minimum atomic E-state index is -0.0834. The van der Waals surface area contributed by atoms with Crippen molar-refractivity contribution in [3.05, 3.63) is 54.5 Å². The van der Waals surface area contributed by atoms with E-state index in [0.717, 1.165) is 24.2 Å². The van der Waals surface area contributed by atoms with E-state index in [9.17, 15) is 4.79 Å². The zero-order chi connectivity index (χ0) is 23.2. The molecule has 1 saturated heterocycles. The smallest absolute Gasteiger partial charge is 0.246 e. The van der Waals surface area contributed by atoms with Crippen molar-refractivity contribution in [1.29, 1.82) is 0 Å². The van der Waals surface area contributed by atoms with Gasteiger partial charge in [0.05, 0.1) is 18.0 Å². The van der Waals surface area contributed by atoms with Gasteiger partial charge in [0.25, 0.3) is 0 Å². The topological polar surface area (TPSA) is 108 Å². The van der Waals surface area contributed by atoms with Crippen molar-refractivity contribution in [2.45, 2.75) is 18.9 Å². The molecular formula is C24H26N6O3. The first-order valence-electron chi connectivity index (χ1n) is 10.7. The number of fused-ring (bicyclic) bond motifs is 1. The molecule has 3 aromatic rings. The molecule has 1 amide bonds. The number of ether oxygens (including phenoxy) is 2. The fourth-order valence-corrected chi connectivity index (χ4v) is 3.83. The number of amides is 1. The molecule has 0 radical (unpaired) electrons. The Labute approximate surface area is 192 Å². The van der Waals surface area contributed by atoms with Crippen LogP contribution in [0.15, 0.2) is 43.2 Å². The third-order valence-corrected chi connectivity index (χ3v) is 5.48. The van der Waals surface area contributed by atoms with Crippen molar-refractivity contribution >= 4 is 22.8 Å². The number of carbonyl (C=O) groups is 1. The number of anilines is 1. The molecule has 9 nitrogen and oxygen atoms in total. The van der Waals surface area contributed by atoms with Crippen molar-refractivity contribution < 1.29 is 14.3 Å². The Morgan fingerprint density at radius 3 is 2.85 bits per heavy atom. The summed E-state index contributed by atoms with van der Waals surface area (Å²) in [4.78, 5) is 22.4. The summed E-state index contributed by atoms with van der Waals surface area (Å²) in [6.45, 7) is 5.84. The number of nitrogens with two attached hydrogens (primary N) is 1. The fourth-order valence-electron chi connectivity index (χ4n) is 3.83. The molecule has 0 bridgehead atoms. The second-order valence-corrected chi connectivity index (χ2v) is 7.65. The molecule has 0 spiro atoms. The lowest BCUT2D eigenvalue weighted by Gasteiger charge is -2.32. The molecular weight excluding hydrogens is 420 g/mol. The highest BCUT2D eigenvalue weighted by Gasteiger charge is 2.27. The molecule has 2 aromatic heterocycles. The van der Waals surface area contributed by atoms with Crippen molar-refractivity contribution in [2.24, 2.45) is 0 Å². The highest BCUT2D eigenvalue weighted by Crippen LogP contribution is 2.28. The lowest BCUT2D eigenvalue weighted by molar-refractivity contribution is -0.127. The van der Waals surface area contributed by atoms with E-state index in [1.165, 1.54) is 12.4 Å². The van der Waals surface area contributed by atoms with Crippen molar-refractivity contribution in [2.75, 3.05) is 39.1 Å². The third-order valence-electron chi connectivity index (χ3n) is 5.48. The van der Waals surface area contributed by atoms with Crippen LogP contribution in [-0.2, 0) is 9.53 Å². The number of benzene rings is 1. The number of likely N-dealkylation sites (tertiary alicyclic amines) is 1. The molecule has 2 N–H and O–H groups in total. The second kappa shape index (κ2) is 10.1. The summed E-state index contributed by atoms with van der Waals surface area (Å²) in [6.07, 6.45) is 4.50. The summed E-state index contributed by atoms with van der Waals surface area (Å²) < 4.78 is 12.4. The molecule has 9 heteroatoms. The number of methoxy groups -OCH3 is 1. The Morgan fingerprint density at radius 1 is 1.27 bits per heavy atom. The van der Waals surface area contributed by atoms with Gasteiger partial charge in [-0.1, -0.05) is 12.5 Å². The van der Waals surface area contributed by atoms with Crippen molar-refractivity contribution in [3.63, 3.8) is 0 Å². The van der Waals surface area contributed by atoms with Crippen LogP contribution in [0, 0.1) is 11.8 Å². The summed E-state index contributed by atoms with van der Waals surface area (Å²) in [7, 11) is 1.63. The first kappa shape index (κ1) is 22.3. The molecule has 33 heavy (non-hydrogen) atoms. The summed E-state index contributed by atoms with van der Waals surface area (Å²) in [6, 6.07) is 7.46. The van der Waals surface area contributed by atoms with Gasteiger partial charge in [-0.05, 0) is 49.1 Å². The van der Waals surface area contributed by atoms with E-state index >= 15 is 0 Å². The number of hydrogen-bond acceptors (Lipinski definition) is 7. The van der Waals surface area contributed by atoms with Crippen LogP contribution in [0.2, 0.25) is 0 Å². The molecule has 1 aromatic carbocycles. The molecule has 1 unspecified atom stereocenters. The molecule has 4 rings (SSSR count). The predicted octanol–water partition coefficient (Wildman–Crippen LogP) is 2.18. The Balaban J connectivity index is 1.62. The van der Waals surface area contributed by atoms with Crippen LogP contribution in [0.3, 0.4) is 0 Å². The van der Waals surface area contributed by atoms with E-state index in [2.05, 4.69) is 28.4 Å². The molecule has 0 saturated carbocycles. The molecule has 1 aliphatic rings. The van der Waals surface area contributed by atoms with Gasteiger partial charge in [0, 0.05) is 25.8 Å². The quantitative estimate of drug-likeness (QED) is 0.351. The zero-order valence-corrected chi connectivity index (χ0v) is 18.5. The fraction of sp³-hybridized carbons (Fsp3) is 0.333. The van der Waals surface area contributed by atoms with E-state index < -0.39 is 0 Å². The minimum Gasteiger partial charge on any atom is -0.491 e. The standard InChI is InChI=1S/C24H26N6O3/c1-3-21(31)29-12-4-5-18(15-29)30-24-22(23(25)26-16-27-24)20(28-30)11-8-17-6-9-19(10-7-17)33-14-13-32-2/h3,6-7,9-10,16,18H,1,4-5,12-15H2,2H3,(H2,25,26,27). The maximum atomic E-state index is 12.1. The molecule has 1 aliphatic heterocycles. The third kappa shape index (κ3) is 4.96. The van der Waals surface area contributed by atoms with Gasteiger partial charge in [-0.3, -0.25) is 4.79 Å². The number of carbonyl (C=O) groups excluding carboxylic acids is 1. The Morgan fingerprint density at radius 2 is 2.09 bits per heavy atom. The second-order valence-electron chi connectivity index (χ2n) is 7.65. The van der Waals surface area contributed by atoms with Crippen LogP contribution in [0.25, 0.3) is 11.0 Å². The van der Waals surface area contributed by atoms with Gasteiger partial charge >= 0.3 is 0 Å². The van der Waals surface area contributed by atoms with Gasteiger partial charge in [0.2, 0.25) is 5.91 Å². The summed E-state index contributed by atoms with van der Waals surface area (Å²) in [5.74, 6) is 7.25. The molecule has 1 atom stereocenters. The molecule has 0 aliphatic carbocycles. The van der Waals surface area contributed by atoms with Crippen LogP contribution >= 0.6 is 0 Å². The van der Waals surface area contributed by atoms with E-state index in [4.69, 9.17) is 20.3 Å². The average Bonchev–Trinajstić information content (AvgIpc) is 3.23. The van der Waals surface area contributed by atoms with Crippen LogP contribution in [0.5, 0.6) is 5.75 Å². The highest BCUT2D eigenvalue weighted by molar-refractivity contribution is 5.90. The molecule has 3 heterocycles. The van der Waals surface area contributed by atoms with Crippen LogP contribution in [0.1, 0.15) is 30.1 Å². The Bertz CT molecular complexity index is 1210. The van der Waals surface area contributed by atoms with Crippen molar-refractivity contribution in [3.8, 4) is 17.6 Å². The van der Waals surface area contributed by atoms with Gasteiger partial charge in [-0.25, -0.2) is 14.6 Å². The Kier molecular flexibility index (Phi) is 6.86. The maximum Gasteiger partial charge on any atom is 0.246 e. The van der Waals surface area contributed by atoms with Crippen LogP contribution in [0.4, 0.5) is 5.82 Å². The van der Waals surface area contributed by atoms with Gasteiger partial charge in [0.1, 0.15) is 30.2 Å². The van der Waals surface area contributed by atoms with Gasteiger partial charge in [-0.2, -0.15) is 5.10 Å². The normalized spacial score (nSPS) is 15.7. The predicted molar refractivity (Wildman–Crippen MR) is 125 cm³/mol. The van der Waals surface area contributed by atoms with E-state index in [1.807, 2.05) is 28.9 Å². The summed E-state index contributed by atoms with van der Waals surface area (Å²) in [5, 5.41) is 5.36. The van der Waals surface area contributed by atoms with Gasteiger partial charge in [-0.15, -0.1) is 0 Å². The van der Waals surface area contributed by atoms with Crippen LogP contribution < -0.4 is 10.5 Å². The maximum absolute atomic E-state index is 12.1. The number of aromatic nitrogens is 4. The van der Waals surface area contributed by atoms with Gasteiger partial charge < -0.3 is 20.1 Å². The number of nitrogens with zero attached hydrogens (tertiary/aromatic N) is 5. The largest absolute Gasteiger partial charge is 0.491 e. The molecule has 170 valence electrons. The number of rotatable bonds is 6. The number of piperidine rings is 1. The SMILES string of the molecule is C=CC(=O)N1CCCC(n2nc(C#Cc3ccc(OCCOC)cc3)c3c(N)ncnc32)C1. The lowest BCUT2D eigenvalue weighted by Crippen LogP contribution is -2.40. The number of nitrogen functional groups attached to an aromatic ring is 1. The summed E-state index contributed by atoms with van der Waals surface area (Å²) in [5.41, 5.74) is 8.11. The Hall–Kier alpha value is -3.90. The first-order valence-corrected chi connectivity index (χ1v) is 10.7. The average molecular weight is 447 g/mol. The lowest BCUT2D eigenvalue weighted by atomic mass is 10.1. The van der Waals surface area contributed by atoms with Crippen LogP contribution in [-0.4, -0.2) is 64.0 Å². The van der Waals surface area contributed by atoms with Crippen molar-refractivity contribution in [1.82, 2.24) is 24.6 Å². The zero-order valence-electron chi connectivity index (χ0n) is 18.5. The minimum absolute atomic E-state index is 0.0291. The monoisotopic (exact) mass is 446 g/mol. The summed E-state index contributed by atoms with van der Waals surface area (Å²) >= 11 is 0. The number of hydrogen-bond donors (Lipinski definition) is 1. The molecule has 1 fully saturated rings. The van der Waals surface area contributed by atoms with E-state index in [1.54, 1.807) is 12.0 Å². The first-order chi connectivity index (χ1) is 16.1. The van der Waals surface area contributed by atoms with E-state index in [0.29, 0.717) is 48.8 Å². The van der Waals surface area contributed by atoms with Gasteiger partial charge in [0.15, 0.2) is 5.65 Å². The van der Waals surface area contributed by atoms with E-state index in [-0.39, 0.29) is 11.9 Å².